The molecule has 0 aliphatic rings. The van der Waals surface area contributed by atoms with Crippen LogP contribution < -0.4 is 5.32 Å². The molecule has 0 fully saturated rings. The maximum Gasteiger partial charge on any atom is 0.329 e. The number of carboxylic acids is 1. The molecule has 0 aliphatic carbocycles. The Morgan fingerprint density at radius 1 is 1.10 bits per heavy atom. The van der Waals surface area contributed by atoms with Crippen LogP contribution in [0.1, 0.15) is 27.0 Å². The molecule has 2 aromatic rings. The first-order valence-electron chi connectivity index (χ1n) is 9.22. The van der Waals surface area contributed by atoms with Gasteiger partial charge in [0.1, 0.15) is 6.61 Å². The van der Waals surface area contributed by atoms with Gasteiger partial charge in [0.15, 0.2) is 0 Å². The third kappa shape index (κ3) is 7.60. The number of carboxylic acid groups (broad SMARTS) is 1. The number of aryl methyl sites for hydroxylation is 1. The Labute approximate surface area is 171 Å². The first kappa shape index (κ1) is 21.9. The highest BCUT2D eigenvalue weighted by Crippen LogP contribution is 2.10. The highest BCUT2D eigenvalue weighted by molar-refractivity contribution is 6.08. The van der Waals surface area contributed by atoms with Crippen LogP contribution in [0.25, 0.3) is 6.08 Å². The fourth-order valence-electron chi connectivity index (χ4n) is 2.54. The summed E-state index contributed by atoms with van der Waals surface area (Å²) in [6, 6.07) is 15.1. The van der Waals surface area contributed by atoms with Crippen LogP contribution in [0.5, 0.6) is 0 Å². The second kappa shape index (κ2) is 11.4. The largest absolute Gasteiger partial charge is 0.480 e. The predicted molar refractivity (Wildman–Crippen MR) is 115 cm³/mol. The number of hydrogen-bond donors (Lipinski definition) is 2. The number of Topliss-reactive ketones (excluding diaryl/α,β-unsaturated/α-hetero) is 1. The van der Waals surface area contributed by atoms with Crippen molar-refractivity contribution >= 4 is 17.8 Å². The molecule has 5 nitrogen and oxygen atoms in total. The van der Waals surface area contributed by atoms with Gasteiger partial charge in [0.25, 0.3) is 0 Å². The summed E-state index contributed by atoms with van der Waals surface area (Å²) in [5.41, 5.74) is 4.11. The normalized spacial score (nSPS) is 11.4. The van der Waals surface area contributed by atoms with E-state index in [2.05, 4.69) is 11.9 Å². The molecule has 0 radical (unpaired) electrons. The molecule has 29 heavy (non-hydrogen) atoms. The lowest BCUT2D eigenvalue weighted by Crippen LogP contribution is -2.20. The van der Waals surface area contributed by atoms with Crippen molar-refractivity contribution in [1.29, 1.82) is 0 Å². The van der Waals surface area contributed by atoms with E-state index in [-0.39, 0.29) is 19.0 Å². The molecule has 0 unspecified atom stereocenters. The molecule has 2 aromatic carbocycles. The van der Waals surface area contributed by atoms with E-state index < -0.39 is 5.97 Å². The maximum absolute atomic E-state index is 12.6. The Kier molecular flexibility index (Phi) is 8.60. The van der Waals surface area contributed by atoms with E-state index in [0.717, 1.165) is 16.7 Å². The second-order valence-corrected chi connectivity index (χ2v) is 6.42. The standard InChI is InChI=1S/C24H25NO4/c1-3-5-22(24(28)21-13-7-18(2)8-14-21)25-15-4-6-19-9-11-20(12-10-19)16-29-17-23(26)27/h3-14,25H,1,15-17H2,2H3,(H,26,27)/b6-4+,22-5-. The van der Waals surface area contributed by atoms with Gasteiger partial charge in [-0.3, -0.25) is 4.79 Å². The molecule has 0 saturated carbocycles. The molecule has 0 spiro atoms. The van der Waals surface area contributed by atoms with Crippen LogP contribution in [-0.2, 0) is 16.1 Å². The first-order chi connectivity index (χ1) is 14.0. The average Bonchev–Trinajstić information content (AvgIpc) is 2.71. The van der Waals surface area contributed by atoms with Crippen molar-refractivity contribution in [2.24, 2.45) is 0 Å². The number of hydrogen-bond acceptors (Lipinski definition) is 4. The summed E-state index contributed by atoms with van der Waals surface area (Å²) < 4.78 is 5.06. The number of carbonyl (C=O) groups is 2. The number of rotatable bonds is 11. The molecule has 0 aromatic heterocycles. The zero-order chi connectivity index (χ0) is 21.1. The van der Waals surface area contributed by atoms with Crippen LogP contribution in [0.3, 0.4) is 0 Å². The van der Waals surface area contributed by atoms with Crippen molar-refractivity contribution in [1.82, 2.24) is 5.32 Å². The number of allylic oxidation sites excluding steroid dienone is 3. The lowest BCUT2D eigenvalue weighted by molar-refractivity contribution is -0.142. The molecular formula is C24H25NO4. The first-order valence-corrected chi connectivity index (χ1v) is 9.22. The molecule has 0 saturated heterocycles. The SMILES string of the molecule is C=C/C=C(\NC/C=C/c1ccc(COCC(=O)O)cc1)C(=O)c1ccc(C)cc1. The summed E-state index contributed by atoms with van der Waals surface area (Å²) in [5.74, 6) is -1.06. The van der Waals surface area contributed by atoms with Crippen molar-refractivity contribution in [3.8, 4) is 0 Å². The lowest BCUT2D eigenvalue weighted by atomic mass is 10.1. The van der Waals surface area contributed by atoms with Crippen LogP contribution in [0.15, 0.2) is 79.0 Å². The van der Waals surface area contributed by atoms with Crippen molar-refractivity contribution < 1.29 is 19.4 Å². The zero-order valence-electron chi connectivity index (χ0n) is 16.4. The number of ether oxygens (including phenoxy) is 1. The summed E-state index contributed by atoms with van der Waals surface area (Å²) in [6.45, 7) is 6.09. The Bertz CT molecular complexity index is 893. The van der Waals surface area contributed by atoms with E-state index in [9.17, 15) is 9.59 Å². The van der Waals surface area contributed by atoms with Crippen LogP contribution >= 0.6 is 0 Å². The summed E-state index contributed by atoms with van der Waals surface area (Å²) in [6.07, 6.45) is 7.12. The molecule has 0 heterocycles. The minimum atomic E-state index is -0.984. The van der Waals surface area contributed by atoms with E-state index >= 15 is 0 Å². The zero-order valence-corrected chi connectivity index (χ0v) is 16.4. The minimum Gasteiger partial charge on any atom is -0.480 e. The molecule has 0 amide bonds. The smallest absolute Gasteiger partial charge is 0.329 e. The molecule has 0 bridgehead atoms. The number of aliphatic carboxylic acids is 1. The van der Waals surface area contributed by atoms with Crippen molar-refractivity contribution in [2.45, 2.75) is 13.5 Å². The Hall–Kier alpha value is -3.44. The van der Waals surface area contributed by atoms with E-state index in [1.165, 1.54) is 0 Å². The average molecular weight is 391 g/mol. The highest BCUT2D eigenvalue weighted by atomic mass is 16.5. The minimum absolute atomic E-state index is 0.0796. The van der Waals surface area contributed by atoms with Gasteiger partial charge < -0.3 is 15.2 Å². The van der Waals surface area contributed by atoms with Gasteiger partial charge >= 0.3 is 5.97 Å². The Balaban J connectivity index is 1.89. The maximum atomic E-state index is 12.6. The second-order valence-electron chi connectivity index (χ2n) is 6.42. The Morgan fingerprint density at radius 3 is 2.41 bits per heavy atom. The predicted octanol–water partition coefficient (Wildman–Crippen LogP) is 4.15. The molecule has 150 valence electrons. The molecular weight excluding hydrogens is 366 g/mol. The molecule has 0 atom stereocenters. The van der Waals surface area contributed by atoms with E-state index in [0.29, 0.717) is 17.8 Å². The lowest BCUT2D eigenvalue weighted by Gasteiger charge is -2.08. The summed E-state index contributed by atoms with van der Waals surface area (Å²) in [7, 11) is 0. The fraction of sp³-hybridized carbons (Fsp3) is 0.167. The van der Waals surface area contributed by atoms with Gasteiger partial charge in [0, 0.05) is 12.1 Å². The van der Waals surface area contributed by atoms with E-state index in [1.807, 2.05) is 67.6 Å². The van der Waals surface area contributed by atoms with E-state index in [4.69, 9.17) is 9.84 Å². The number of carbonyl (C=O) groups excluding carboxylic acids is 1. The van der Waals surface area contributed by atoms with Gasteiger partial charge in [-0.2, -0.15) is 0 Å². The summed E-state index contributed by atoms with van der Waals surface area (Å²) in [4.78, 5) is 23.1. The topological polar surface area (TPSA) is 75.6 Å². The molecule has 2 rings (SSSR count). The third-order valence-electron chi connectivity index (χ3n) is 4.04. The molecule has 2 N–H and O–H groups in total. The number of ketones is 1. The summed E-state index contributed by atoms with van der Waals surface area (Å²) >= 11 is 0. The number of nitrogens with one attached hydrogen (secondary N) is 1. The van der Waals surface area contributed by atoms with Gasteiger partial charge in [-0.25, -0.2) is 4.79 Å². The van der Waals surface area contributed by atoms with Gasteiger partial charge in [0.05, 0.1) is 12.3 Å². The van der Waals surface area contributed by atoms with Crippen molar-refractivity contribution in [3.63, 3.8) is 0 Å². The number of benzene rings is 2. The molecule has 5 heteroatoms. The van der Waals surface area contributed by atoms with Crippen LogP contribution in [0.2, 0.25) is 0 Å². The summed E-state index contributed by atoms with van der Waals surface area (Å²) in [5, 5.41) is 11.7. The van der Waals surface area contributed by atoms with Gasteiger partial charge in [0.2, 0.25) is 5.78 Å². The quantitative estimate of drug-likeness (QED) is 0.342. The van der Waals surface area contributed by atoms with Gasteiger partial charge in [-0.15, -0.1) is 0 Å². The van der Waals surface area contributed by atoms with Gasteiger partial charge in [-0.05, 0) is 24.1 Å². The molecule has 0 aliphatic heterocycles. The van der Waals surface area contributed by atoms with Gasteiger partial charge in [-0.1, -0.05) is 78.9 Å². The van der Waals surface area contributed by atoms with Crippen LogP contribution in [0, 0.1) is 6.92 Å². The Morgan fingerprint density at radius 2 is 1.79 bits per heavy atom. The third-order valence-corrected chi connectivity index (χ3v) is 4.04. The van der Waals surface area contributed by atoms with Crippen LogP contribution in [-0.4, -0.2) is 30.0 Å². The highest BCUT2D eigenvalue weighted by Gasteiger charge is 2.10. The van der Waals surface area contributed by atoms with Crippen LogP contribution in [0.4, 0.5) is 0 Å². The van der Waals surface area contributed by atoms with E-state index in [1.54, 1.807) is 12.2 Å². The monoisotopic (exact) mass is 391 g/mol. The fourth-order valence-corrected chi connectivity index (χ4v) is 2.54. The van der Waals surface area contributed by atoms with Crippen molar-refractivity contribution in [3.05, 3.63) is 101 Å². The van der Waals surface area contributed by atoms with Crippen molar-refractivity contribution in [2.75, 3.05) is 13.2 Å².